The number of aldehydes is 1. The van der Waals surface area contributed by atoms with Crippen molar-refractivity contribution in [3.63, 3.8) is 0 Å². The smallest absolute Gasteiger partial charge is 0.246 e. The lowest BCUT2D eigenvalue weighted by Crippen LogP contribution is -2.63. The predicted molar refractivity (Wildman–Crippen MR) is 347 cm³/mol. The van der Waals surface area contributed by atoms with Gasteiger partial charge in [0.1, 0.15) is 66.7 Å². The van der Waals surface area contributed by atoms with Crippen molar-refractivity contribution in [2.24, 2.45) is 41.4 Å². The van der Waals surface area contributed by atoms with Crippen LogP contribution in [-0.2, 0) is 57.5 Å². The molecular weight excluding hydrogens is 1150 g/mol. The van der Waals surface area contributed by atoms with Gasteiger partial charge in [-0.3, -0.25) is 57.5 Å². The topological polar surface area (TPSA) is 287 Å². The van der Waals surface area contributed by atoms with E-state index in [1.165, 1.54) is 105 Å². The Hall–Kier alpha value is -6.72. The van der Waals surface area contributed by atoms with Crippen LogP contribution in [0.5, 0.6) is 0 Å². The van der Waals surface area contributed by atoms with E-state index in [2.05, 4.69) is 16.0 Å². The van der Waals surface area contributed by atoms with Gasteiger partial charge in [-0.1, -0.05) is 115 Å². The first-order valence-electron chi connectivity index (χ1n) is 32.1. The molecule has 1 aliphatic rings. The molecule has 0 aromatic carbocycles. The van der Waals surface area contributed by atoms with Gasteiger partial charge in [0, 0.05) is 55.9 Å². The number of rotatable bonds is 18. The van der Waals surface area contributed by atoms with E-state index in [4.69, 9.17) is 0 Å². The fourth-order valence-electron chi connectivity index (χ4n) is 11.4. The number of likely N-dealkylation sites (N-methyl/N-ethyl adjacent to an activating group) is 7. The van der Waals surface area contributed by atoms with Gasteiger partial charge in [0.15, 0.2) is 0 Å². The number of aliphatic hydroxyl groups is 1. The highest BCUT2D eigenvalue weighted by molar-refractivity contribution is 5.99. The molecule has 0 saturated carbocycles. The second-order valence-corrected chi connectivity index (χ2v) is 27.1. The molecule has 1 aliphatic heterocycles. The minimum atomic E-state index is -1.64. The molecule has 1 heterocycles. The zero-order valence-electron chi connectivity index (χ0n) is 58.9. The summed E-state index contributed by atoms with van der Waals surface area (Å²) in [4.78, 5) is 184. The van der Waals surface area contributed by atoms with E-state index < -0.39 is 156 Å². The lowest BCUT2D eigenvalue weighted by atomic mass is 9.91. The van der Waals surface area contributed by atoms with Gasteiger partial charge in [0.25, 0.3) is 0 Å². The van der Waals surface area contributed by atoms with Gasteiger partial charge in [0.2, 0.25) is 65.0 Å². The van der Waals surface area contributed by atoms with Crippen LogP contribution in [0.1, 0.15) is 156 Å². The highest BCUT2D eigenvalue weighted by Crippen LogP contribution is 2.27. The molecule has 11 amide bonds. The third-order valence-electron chi connectivity index (χ3n) is 16.8. The average molecular weight is 1270 g/mol. The SMILES string of the molecule is C/C=C/C[C@@H](C)[C@@H](O)[C@H]1C(=O)N[C@@H](CC)C(=O)N(C)CC(=O)N(C)[C@@H](CC(C)C)C(=O)N(C/C=C/C=O)[C@@H](C(C)C)C(=O)N(C)[C@@H](CC(C)C)C(=O)N[C@@H](C)C(=O)N[C@H](C)C(=O)N(C)[C@@H](CC(C)C)C(=O)N(C)[C@@H](CC(C)C)C(=O)N(C)[C@@H](C(C)C)C(=O)N1C. The molecule has 90 heavy (non-hydrogen) atoms. The van der Waals surface area contributed by atoms with Crippen LogP contribution in [0.25, 0.3) is 0 Å². The number of nitrogens with zero attached hydrogens (tertiary/aromatic N) is 8. The van der Waals surface area contributed by atoms with Crippen molar-refractivity contribution >= 4 is 71.3 Å². The molecule has 0 spiro atoms. The number of nitrogens with one attached hydrogen (secondary N) is 3. The third-order valence-corrected chi connectivity index (χ3v) is 16.8. The van der Waals surface area contributed by atoms with Crippen molar-refractivity contribution in [2.45, 2.75) is 223 Å². The Kier molecular flexibility index (Phi) is 33.9. The van der Waals surface area contributed by atoms with Gasteiger partial charge < -0.3 is 60.3 Å². The van der Waals surface area contributed by atoms with Crippen molar-refractivity contribution in [3.8, 4) is 0 Å². The van der Waals surface area contributed by atoms with Crippen molar-refractivity contribution in [3.05, 3.63) is 24.3 Å². The molecule has 0 aromatic rings. The van der Waals surface area contributed by atoms with E-state index in [1.807, 2.05) is 55.4 Å². The van der Waals surface area contributed by atoms with Crippen LogP contribution in [0.4, 0.5) is 0 Å². The van der Waals surface area contributed by atoms with Crippen molar-refractivity contribution < 1.29 is 62.6 Å². The number of hydrogen-bond acceptors (Lipinski definition) is 13. The van der Waals surface area contributed by atoms with Crippen LogP contribution in [-0.4, -0.2) is 245 Å². The number of amides is 11. The van der Waals surface area contributed by atoms with E-state index in [1.54, 1.807) is 60.6 Å². The van der Waals surface area contributed by atoms with Gasteiger partial charge in [-0.15, -0.1) is 0 Å². The molecule has 0 aromatic heterocycles. The molecule has 24 nitrogen and oxygen atoms in total. The summed E-state index contributed by atoms with van der Waals surface area (Å²) in [5, 5.41) is 20.3. The summed E-state index contributed by atoms with van der Waals surface area (Å²) in [5.41, 5.74) is 0. The monoisotopic (exact) mass is 1270 g/mol. The molecule has 0 bridgehead atoms. The average Bonchev–Trinajstić information content (AvgIpc) is 1.50. The molecule has 512 valence electrons. The summed E-state index contributed by atoms with van der Waals surface area (Å²) in [6.45, 7) is 28.8. The molecule has 4 N–H and O–H groups in total. The predicted octanol–water partition coefficient (Wildman–Crippen LogP) is 3.74. The number of allylic oxidation sites excluding steroid dienone is 3. The molecule has 0 unspecified atom stereocenters. The second-order valence-electron chi connectivity index (χ2n) is 27.1. The minimum Gasteiger partial charge on any atom is -0.390 e. The van der Waals surface area contributed by atoms with E-state index in [0.717, 1.165) is 9.80 Å². The van der Waals surface area contributed by atoms with E-state index in [9.17, 15) is 38.7 Å². The van der Waals surface area contributed by atoms with Crippen molar-refractivity contribution in [2.75, 3.05) is 62.4 Å². The molecule has 0 radical (unpaired) electrons. The molecule has 24 heteroatoms. The van der Waals surface area contributed by atoms with Crippen LogP contribution in [0.2, 0.25) is 0 Å². The van der Waals surface area contributed by atoms with Gasteiger partial charge in [0.05, 0.1) is 12.6 Å². The summed E-state index contributed by atoms with van der Waals surface area (Å²) in [6.07, 6.45) is 5.90. The van der Waals surface area contributed by atoms with Gasteiger partial charge in [-0.25, -0.2) is 0 Å². The molecule has 1 rings (SSSR count). The fraction of sp³-hybridized carbons (Fsp3) is 0.758. The Labute approximate surface area is 538 Å². The number of carbonyl (C=O) groups is 12. The maximum Gasteiger partial charge on any atom is 0.246 e. The normalized spacial score (nSPS) is 26.2. The van der Waals surface area contributed by atoms with Gasteiger partial charge in [-0.05, 0) is 107 Å². The lowest BCUT2D eigenvalue weighted by Gasteiger charge is -2.41. The molecule has 1 saturated heterocycles. The zero-order chi connectivity index (χ0) is 69.7. The van der Waals surface area contributed by atoms with Crippen LogP contribution in [0.3, 0.4) is 0 Å². The van der Waals surface area contributed by atoms with E-state index in [0.29, 0.717) is 12.7 Å². The van der Waals surface area contributed by atoms with Crippen LogP contribution < -0.4 is 16.0 Å². The Morgan fingerprint density at radius 2 is 0.900 bits per heavy atom. The molecule has 1 fully saturated rings. The van der Waals surface area contributed by atoms with Crippen LogP contribution in [0.15, 0.2) is 24.3 Å². The summed E-state index contributed by atoms with van der Waals surface area (Å²) in [5.74, 6) is -10.3. The number of aliphatic hydroxyl groups excluding tert-OH is 1. The molecule has 0 aliphatic carbocycles. The largest absolute Gasteiger partial charge is 0.390 e. The Morgan fingerprint density at radius 3 is 1.36 bits per heavy atom. The zero-order valence-corrected chi connectivity index (χ0v) is 58.9. The third kappa shape index (κ3) is 22.6. The minimum absolute atomic E-state index is 0.00556. The first-order chi connectivity index (χ1) is 41.7. The summed E-state index contributed by atoms with van der Waals surface area (Å²) in [7, 11) is 9.84. The lowest BCUT2D eigenvalue weighted by molar-refractivity contribution is -0.157. The number of hydrogen-bond donors (Lipinski definition) is 4. The Morgan fingerprint density at radius 1 is 0.478 bits per heavy atom. The number of carbonyl (C=O) groups excluding carboxylic acids is 12. The quantitative estimate of drug-likeness (QED) is 0.0866. The van der Waals surface area contributed by atoms with Gasteiger partial charge in [-0.2, -0.15) is 0 Å². The highest BCUT2D eigenvalue weighted by Gasteiger charge is 2.46. The van der Waals surface area contributed by atoms with E-state index in [-0.39, 0.29) is 62.3 Å². The maximum atomic E-state index is 15.3. The van der Waals surface area contributed by atoms with Crippen molar-refractivity contribution in [1.29, 1.82) is 0 Å². The Balaban J connectivity index is 4.49. The first-order valence-corrected chi connectivity index (χ1v) is 32.1. The summed E-state index contributed by atoms with van der Waals surface area (Å²) in [6, 6.07) is -12.8. The standard InChI is InChI=1S/C66H115N11O13/c1-25-27-30-44(15)56(80)55-59(83)69-47(26-2)61(85)70(18)37-52(79)71(19)51(36-41(9)10)64(88)77(31-28-29-32-78)54(43(13)14)66(90)72(20)48(33-38(3)4)58(82)67-45(16)57(81)68-46(17)60(84)73(21)49(34-39(5)6)62(86)74(22)50(35-40(7)8)63(87)75(23)53(42(11)12)65(89)76(55)24/h25,27-29,32,38-51,53-56,80H,26,30-31,33-37H2,1-24H3,(H,67,82)(H,68,81)(H,69,83)/b27-25+,29-28+/t44-,45+,46-,47+,48+,49+,50+,51+,53+,54+,55+,56-/m1/s1. The summed E-state index contributed by atoms with van der Waals surface area (Å²) >= 11 is 0. The van der Waals surface area contributed by atoms with Crippen molar-refractivity contribution in [1.82, 2.24) is 55.1 Å². The van der Waals surface area contributed by atoms with Crippen LogP contribution >= 0.6 is 0 Å². The highest BCUT2D eigenvalue weighted by atomic mass is 16.3. The first kappa shape index (κ1) is 81.3. The van der Waals surface area contributed by atoms with E-state index >= 15 is 24.0 Å². The van der Waals surface area contributed by atoms with Gasteiger partial charge >= 0.3 is 0 Å². The molecule has 12 atom stereocenters. The fourth-order valence-corrected chi connectivity index (χ4v) is 11.4. The summed E-state index contributed by atoms with van der Waals surface area (Å²) < 4.78 is 0. The Bertz CT molecular complexity index is 2520. The molecular formula is C66H115N11O13. The van der Waals surface area contributed by atoms with Crippen LogP contribution in [0, 0.1) is 41.4 Å². The maximum absolute atomic E-state index is 15.3. The second kappa shape index (κ2) is 37.6.